The molecule has 0 saturated heterocycles. The second kappa shape index (κ2) is 10.5. The lowest BCUT2D eigenvalue weighted by Gasteiger charge is -2.18. The van der Waals surface area contributed by atoms with E-state index in [0.717, 1.165) is 19.3 Å². The van der Waals surface area contributed by atoms with Crippen molar-refractivity contribution in [3.63, 3.8) is 0 Å². The van der Waals surface area contributed by atoms with Gasteiger partial charge in [-0.25, -0.2) is 4.79 Å². The molecule has 0 rings (SSSR count). The van der Waals surface area contributed by atoms with Crippen LogP contribution < -0.4 is 5.73 Å². The molecule has 6 nitrogen and oxygen atoms in total. The van der Waals surface area contributed by atoms with Crippen molar-refractivity contribution in [2.75, 3.05) is 6.61 Å². The van der Waals surface area contributed by atoms with Crippen LogP contribution in [0.1, 0.15) is 46.0 Å². The highest BCUT2D eigenvalue weighted by Gasteiger charge is 2.27. The molecular formula is C13H22ClNO5. The SMILES string of the molecule is CCCCC[C@H](Cl)C(=O)[C@@H](CCOC(N)=O)OC(C)=O. The molecule has 0 aromatic carbocycles. The Bertz CT molecular complexity index is 335. The predicted molar refractivity (Wildman–Crippen MR) is 74.5 cm³/mol. The highest BCUT2D eigenvalue weighted by molar-refractivity contribution is 6.31. The van der Waals surface area contributed by atoms with Gasteiger partial charge in [0.2, 0.25) is 0 Å². The largest absolute Gasteiger partial charge is 0.454 e. The van der Waals surface area contributed by atoms with Gasteiger partial charge in [-0.1, -0.05) is 26.2 Å². The van der Waals surface area contributed by atoms with Crippen LogP contribution in [0.5, 0.6) is 0 Å². The van der Waals surface area contributed by atoms with Gasteiger partial charge in [0, 0.05) is 13.3 Å². The number of Topliss-reactive ketones (excluding diaryl/α,β-unsaturated/α-hetero) is 1. The van der Waals surface area contributed by atoms with Crippen LogP contribution in [0.25, 0.3) is 0 Å². The fourth-order valence-electron chi connectivity index (χ4n) is 1.64. The Balaban J connectivity index is 4.38. The standard InChI is InChI=1S/C13H22ClNO5/c1-3-4-5-6-10(14)12(17)11(20-9(2)16)7-8-19-13(15)18/h10-11H,3-8H2,1-2H3,(H2,15,18)/t10-,11+/m0/s1. The maximum Gasteiger partial charge on any atom is 0.404 e. The molecule has 20 heavy (non-hydrogen) atoms. The van der Waals surface area contributed by atoms with Crippen LogP contribution >= 0.6 is 11.6 Å². The molecule has 2 atom stereocenters. The Morgan fingerprint density at radius 1 is 1.20 bits per heavy atom. The number of ether oxygens (including phenoxy) is 2. The van der Waals surface area contributed by atoms with E-state index < -0.39 is 23.5 Å². The molecule has 0 heterocycles. The third-order valence-corrected chi connectivity index (χ3v) is 3.05. The zero-order valence-corrected chi connectivity index (χ0v) is 12.6. The molecule has 7 heteroatoms. The Morgan fingerprint density at radius 3 is 2.35 bits per heavy atom. The van der Waals surface area contributed by atoms with E-state index in [4.69, 9.17) is 22.1 Å². The molecule has 0 aromatic rings. The summed E-state index contributed by atoms with van der Waals surface area (Å²) in [6.07, 6.45) is 1.49. The second-order valence-corrected chi connectivity index (χ2v) is 4.95. The summed E-state index contributed by atoms with van der Waals surface area (Å²) in [4.78, 5) is 33.5. The highest BCUT2D eigenvalue weighted by Crippen LogP contribution is 2.15. The molecule has 0 aliphatic carbocycles. The van der Waals surface area contributed by atoms with Gasteiger partial charge in [0.1, 0.15) is 0 Å². The summed E-state index contributed by atoms with van der Waals surface area (Å²) >= 11 is 6.01. The molecule has 0 unspecified atom stereocenters. The molecule has 0 radical (unpaired) electrons. The predicted octanol–water partition coefficient (Wildman–Crippen LogP) is 2.16. The number of hydrogen-bond acceptors (Lipinski definition) is 5. The smallest absolute Gasteiger partial charge is 0.404 e. The van der Waals surface area contributed by atoms with E-state index in [1.165, 1.54) is 6.92 Å². The van der Waals surface area contributed by atoms with Gasteiger partial charge in [-0.05, 0) is 6.42 Å². The number of esters is 1. The lowest BCUT2D eigenvalue weighted by molar-refractivity contribution is -0.153. The fourth-order valence-corrected chi connectivity index (χ4v) is 1.94. The van der Waals surface area contributed by atoms with Gasteiger partial charge in [-0.2, -0.15) is 0 Å². The van der Waals surface area contributed by atoms with E-state index in [1.54, 1.807) is 0 Å². The van der Waals surface area contributed by atoms with Gasteiger partial charge in [-0.15, -0.1) is 11.6 Å². The summed E-state index contributed by atoms with van der Waals surface area (Å²) in [5.41, 5.74) is 4.82. The summed E-state index contributed by atoms with van der Waals surface area (Å²) < 4.78 is 9.45. The van der Waals surface area contributed by atoms with Crippen LogP contribution in [-0.2, 0) is 19.1 Å². The maximum absolute atomic E-state index is 12.1. The lowest BCUT2D eigenvalue weighted by Crippen LogP contribution is -2.34. The number of carbonyl (C=O) groups is 3. The monoisotopic (exact) mass is 307 g/mol. The minimum Gasteiger partial charge on any atom is -0.454 e. The van der Waals surface area contributed by atoms with Gasteiger partial charge < -0.3 is 15.2 Å². The number of hydrogen-bond donors (Lipinski definition) is 1. The molecule has 2 N–H and O–H groups in total. The van der Waals surface area contributed by atoms with Crippen LogP contribution in [0.3, 0.4) is 0 Å². The van der Waals surface area contributed by atoms with Gasteiger partial charge in [0.05, 0.1) is 12.0 Å². The van der Waals surface area contributed by atoms with Gasteiger partial charge in [0.25, 0.3) is 0 Å². The number of unbranched alkanes of at least 4 members (excludes halogenated alkanes) is 2. The molecule has 0 bridgehead atoms. The van der Waals surface area contributed by atoms with Crippen LogP contribution in [-0.4, -0.2) is 35.9 Å². The topological polar surface area (TPSA) is 95.7 Å². The summed E-state index contributed by atoms with van der Waals surface area (Å²) in [5, 5.41) is -0.709. The van der Waals surface area contributed by atoms with E-state index >= 15 is 0 Å². The van der Waals surface area contributed by atoms with E-state index in [1.807, 2.05) is 6.92 Å². The molecule has 0 spiro atoms. The van der Waals surface area contributed by atoms with Gasteiger partial charge in [0.15, 0.2) is 11.9 Å². The first kappa shape index (κ1) is 18.7. The van der Waals surface area contributed by atoms with Crippen molar-refractivity contribution in [3.8, 4) is 0 Å². The number of halogens is 1. The Hall–Kier alpha value is -1.30. The number of rotatable bonds is 10. The highest BCUT2D eigenvalue weighted by atomic mass is 35.5. The molecule has 0 aromatic heterocycles. The normalized spacial score (nSPS) is 13.3. The zero-order chi connectivity index (χ0) is 15.5. The van der Waals surface area contributed by atoms with E-state index in [9.17, 15) is 14.4 Å². The number of primary amides is 1. The van der Waals surface area contributed by atoms with Crippen molar-refractivity contribution in [1.29, 1.82) is 0 Å². The number of carbonyl (C=O) groups excluding carboxylic acids is 3. The first-order valence-electron chi connectivity index (χ1n) is 6.65. The Kier molecular flexibility index (Phi) is 9.80. The fraction of sp³-hybridized carbons (Fsp3) is 0.769. The van der Waals surface area contributed by atoms with E-state index in [0.29, 0.717) is 6.42 Å². The molecule has 116 valence electrons. The summed E-state index contributed by atoms with van der Waals surface area (Å²) in [6.45, 7) is 3.15. The molecule has 1 amide bonds. The van der Waals surface area contributed by atoms with Crippen molar-refractivity contribution >= 4 is 29.4 Å². The molecule has 0 fully saturated rings. The molecular weight excluding hydrogens is 286 g/mol. The van der Waals surface area contributed by atoms with E-state index in [-0.39, 0.29) is 18.8 Å². The minimum absolute atomic E-state index is 0.0539. The Labute approximate surface area is 123 Å². The number of alkyl halides is 1. The quantitative estimate of drug-likeness (QED) is 0.379. The van der Waals surface area contributed by atoms with Gasteiger partial charge in [-0.3, -0.25) is 9.59 Å². The van der Waals surface area contributed by atoms with E-state index in [2.05, 4.69) is 4.74 Å². The second-order valence-electron chi connectivity index (χ2n) is 4.42. The maximum atomic E-state index is 12.1. The third kappa shape index (κ3) is 8.74. The third-order valence-electron chi connectivity index (χ3n) is 2.62. The van der Waals surface area contributed by atoms with Crippen molar-refractivity contribution in [2.45, 2.75) is 57.4 Å². The molecule has 0 aliphatic heterocycles. The number of amides is 1. The summed E-state index contributed by atoms with van der Waals surface area (Å²) in [7, 11) is 0. The lowest BCUT2D eigenvalue weighted by atomic mass is 10.0. The Morgan fingerprint density at radius 2 is 1.85 bits per heavy atom. The van der Waals surface area contributed by atoms with Crippen LogP contribution in [0.15, 0.2) is 0 Å². The van der Waals surface area contributed by atoms with Crippen molar-refractivity contribution < 1.29 is 23.9 Å². The first-order valence-corrected chi connectivity index (χ1v) is 7.09. The number of ketones is 1. The van der Waals surface area contributed by atoms with Crippen molar-refractivity contribution in [2.24, 2.45) is 5.73 Å². The van der Waals surface area contributed by atoms with Gasteiger partial charge >= 0.3 is 12.1 Å². The number of nitrogens with two attached hydrogens (primary N) is 1. The summed E-state index contributed by atoms with van der Waals surface area (Å²) in [5.74, 6) is -0.953. The summed E-state index contributed by atoms with van der Waals surface area (Å²) in [6, 6.07) is 0. The average molecular weight is 308 g/mol. The van der Waals surface area contributed by atoms with Crippen molar-refractivity contribution in [1.82, 2.24) is 0 Å². The average Bonchev–Trinajstić information content (AvgIpc) is 2.36. The first-order chi connectivity index (χ1) is 9.38. The van der Waals surface area contributed by atoms with Crippen LogP contribution in [0.2, 0.25) is 0 Å². The molecule has 0 saturated carbocycles. The van der Waals surface area contributed by atoms with Crippen molar-refractivity contribution in [3.05, 3.63) is 0 Å². The van der Waals surface area contributed by atoms with Crippen LogP contribution in [0.4, 0.5) is 4.79 Å². The van der Waals surface area contributed by atoms with Crippen LogP contribution in [0, 0.1) is 0 Å². The molecule has 0 aliphatic rings. The minimum atomic E-state index is -1.00. The zero-order valence-electron chi connectivity index (χ0n) is 11.9.